The molecule has 27 heavy (non-hydrogen) atoms. The fourth-order valence-electron chi connectivity index (χ4n) is 4.85. The Kier molecular flexibility index (Phi) is 13.2. The number of hydrogen-bond acceptors (Lipinski definition) is 1. The molecule has 0 aromatic rings. The molecule has 0 N–H and O–H groups in total. The lowest BCUT2D eigenvalue weighted by Gasteiger charge is -2.50. The van der Waals surface area contributed by atoms with Gasteiger partial charge in [-0.3, -0.25) is 0 Å². The average Bonchev–Trinajstić information content (AvgIpc) is 2.62. The van der Waals surface area contributed by atoms with Crippen LogP contribution in [0.1, 0.15) is 133 Å². The minimum absolute atomic E-state index is 0.0370. The van der Waals surface area contributed by atoms with Crippen molar-refractivity contribution in [1.29, 1.82) is 0 Å². The highest BCUT2D eigenvalue weighted by molar-refractivity contribution is 4.94. The molecule has 0 spiro atoms. The van der Waals surface area contributed by atoms with Gasteiger partial charge in [0.25, 0.3) is 0 Å². The summed E-state index contributed by atoms with van der Waals surface area (Å²) in [6, 6.07) is 0. The van der Waals surface area contributed by atoms with Gasteiger partial charge in [0, 0.05) is 0 Å². The van der Waals surface area contributed by atoms with Gasteiger partial charge in [-0.25, -0.2) is 0 Å². The maximum Gasteiger partial charge on any atom is 0.0713 e. The van der Waals surface area contributed by atoms with Crippen LogP contribution in [0.25, 0.3) is 0 Å². The molecule has 0 aromatic heterocycles. The van der Waals surface area contributed by atoms with E-state index in [0.717, 1.165) is 24.7 Å². The molecule has 0 aliphatic carbocycles. The molecule has 1 nitrogen and oxygen atoms in total. The van der Waals surface area contributed by atoms with Gasteiger partial charge >= 0.3 is 0 Å². The Morgan fingerprint density at radius 1 is 0.556 bits per heavy atom. The van der Waals surface area contributed by atoms with Crippen molar-refractivity contribution in [2.24, 2.45) is 23.7 Å². The van der Waals surface area contributed by atoms with Crippen molar-refractivity contribution in [3.8, 4) is 0 Å². The highest BCUT2D eigenvalue weighted by Gasteiger charge is 2.45. The van der Waals surface area contributed by atoms with Gasteiger partial charge in [0.2, 0.25) is 0 Å². The minimum atomic E-state index is 0.0370. The molecule has 0 bridgehead atoms. The van der Waals surface area contributed by atoms with Crippen molar-refractivity contribution in [1.82, 2.24) is 0 Å². The van der Waals surface area contributed by atoms with Gasteiger partial charge in [0.05, 0.1) is 11.2 Å². The fraction of sp³-hybridized carbons (Fsp3) is 1.00. The molecule has 0 aliphatic rings. The molecule has 0 aromatic carbocycles. The molecule has 0 saturated carbocycles. The van der Waals surface area contributed by atoms with Crippen LogP contribution >= 0.6 is 0 Å². The summed E-state index contributed by atoms with van der Waals surface area (Å²) in [5.41, 5.74) is 0.0740. The molecule has 0 amide bonds. The summed E-state index contributed by atoms with van der Waals surface area (Å²) in [6.07, 6.45) is 12.3. The second-order valence-corrected chi connectivity index (χ2v) is 10.2. The summed E-state index contributed by atoms with van der Waals surface area (Å²) in [7, 11) is 0. The Morgan fingerprint density at radius 2 is 0.889 bits per heavy atom. The second kappa shape index (κ2) is 13.2. The van der Waals surface area contributed by atoms with Gasteiger partial charge in [0.1, 0.15) is 0 Å². The Bertz CT molecular complexity index is 327. The highest BCUT2D eigenvalue weighted by atomic mass is 16.5. The van der Waals surface area contributed by atoms with Crippen LogP contribution in [0.3, 0.4) is 0 Å². The van der Waals surface area contributed by atoms with Crippen LogP contribution in [0.4, 0.5) is 0 Å². The van der Waals surface area contributed by atoms with Crippen LogP contribution in [0.15, 0.2) is 0 Å². The Balaban J connectivity index is 5.89. The van der Waals surface area contributed by atoms with Gasteiger partial charge in [-0.1, -0.05) is 82.1 Å². The zero-order valence-corrected chi connectivity index (χ0v) is 20.8. The molecule has 4 atom stereocenters. The third-order valence-corrected chi connectivity index (χ3v) is 7.13. The molecule has 0 saturated heterocycles. The maximum atomic E-state index is 7.45. The summed E-state index contributed by atoms with van der Waals surface area (Å²) in [5.74, 6) is 2.75. The van der Waals surface area contributed by atoms with E-state index in [9.17, 15) is 0 Å². The molecule has 1 heteroatoms. The number of hydrogen-bond donors (Lipinski definition) is 0. The summed E-state index contributed by atoms with van der Waals surface area (Å²) in [4.78, 5) is 0. The zero-order valence-electron chi connectivity index (χ0n) is 20.8. The van der Waals surface area contributed by atoms with E-state index in [1.165, 1.54) is 51.4 Å². The van der Waals surface area contributed by atoms with Crippen molar-refractivity contribution >= 4 is 0 Å². The third kappa shape index (κ3) is 8.46. The van der Waals surface area contributed by atoms with E-state index in [2.05, 4.69) is 69.2 Å². The molecular weight excluding hydrogens is 328 g/mol. The molecule has 0 heterocycles. The van der Waals surface area contributed by atoms with Crippen LogP contribution < -0.4 is 0 Å². The monoisotopic (exact) mass is 382 g/mol. The standard InChI is InChI=1S/C26H54O/c1-11-15-23(9)25(13-3,19-17-21(5)6)27-26(14-4,20-18-22(7)8)24(10)16-12-2/h21-24H,11-20H2,1-10H3. The van der Waals surface area contributed by atoms with Crippen LogP contribution in [0, 0.1) is 23.7 Å². The molecular formula is C26H54O. The van der Waals surface area contributed by atoms with Crippen molar-refractivity contribution < 1.29 is 4.74 Å². The van der Waals surface area contributed by atoms with E-state index < -0.39 is 0 Å². The minimum Gasteiger partial charge on any atom is -0.368 e. The first-order chi connectivity index (χ1) is 12.6. The topological polar surface area (TPSA) is 9.23 Å². The lowest BCUT2D eigenvalue weighted by molar-refractivity contribution is -0.214. The molecule has 0 aliphatic heterocycles. The van der Waals surface area contributed by atoms with Crippen molar-refractivity contribution in [3.05, 3.63) is 0 Å². The van der Waals surface area contributed by atoms with Crippen LogP contribution in [-0.4, -0.2) is 11.2 Å². The van der Waals surface area contributed by atoms with Crippen molar-refractivity contribution in [2.45, 2.75) is 145 Å². The zero-order chi connectivity index (χ0) is 21.1. The van der Waals surface area contributed by atoms with Gasteiger partial charge in [-0.05, 0) is 75.0 Å². The van der Waals surface area contributed by atoms with Crippen molar-refractivity contribution in [3.63, 3.8) is 0 Å². The number of rotatable bonds is 16. The first-order valence-electron chi connectivity index (χ1n) is 12.3. The Morgan fingerprint density at radius 3 is 1.11 bits per heavy atom. The molecule has 0 fully saturated rings. The molecule has 164 valence electrons. The quantitative estimate of drug-likeness (QED) is 0.258. The molecule has 0 rings (SSSR count). The second-order valence-electron chi connectivity index (χ2n) is 10.2. The van der Waals surface area contributed by atoms with E-state index in [1.807, 2.05) is 0 Å². The van der Waals surface area contributed by atoms with Crippen LogP contribution in [-0.2, 0) is 4.74 Å². The lowest BCUT2D eigenvalue weighted by atomic mass is 9.74. The summed E-state index contributed by atoms with van der Waals surface area (Å²) in [5, 5.41) is 0. The SMILES string of the molecule is CCCC(C)C(CC)(CCC(C)C)OC(CC)(CCC(C)C)C(C)CCC. The Labute approximate surface area is 173 Å². The maximum absolute atomic E-state index is 7.45. The number of ether oxygens (including phenoxy) is 1. The first-order valence-corrected chi connectivity index (χ1v) is 12.3. The van der Waals surface area contributed by atoms with E-state index in [1.54, 1.807) is 0 Å². The summed E-state index contributed by atoms with van der Waals surface area (Å²) >= 11 is 0. The predicted octanol–water partition coefficient (Wildman–Crippen LogP) is 9.05. The summed E-state index contributed by atoms with van der Waals surface area (Å²) in [6.45, 7) is 23.7. The van der Waals surface area contributed by atoms with E-state index >= 15 is 0 Å². The predicted molar refractivity (Wildman–Crippen MR) is 123 cm³/mol. The molecule has 4 unspecified atom stereocenters. The van der Waals surface area contributed by atoms with E-state index in [-0.39, 0.29) is 11.2 Å². The van der Waals surface area contributed by atoms with Crippen molar-refractivity contribution in [2.75, 3.05) is 0 Å². The molecule has 0 radical (unpaired) electrons. The van der Waals surface area contributed by atoms with Crippen LogP contribution in [0.5, 0.6) is 0 Å². The van der Waals surface area contributed by atoms with Gasteiger partial charge < -0.3 is 4.74 Å². The largest absolute Gasteiger partial charge is 0.368 e. The first kappa shape index (κ1) is 27.0. The smallest absolute Gasteiger partial charge is 0.0713 e. The lowest BCUT2D eigenvalue weighted by Crippen LogP contribution is -2.51. The highest BCUT2D eigenvalue weighted by Crippen LogP contribution is 2.45. The average molecular weight is 383 g/mol. The fourth-order valence-corrected chi connectivity index (χ4v) is 4.85. The van der Waals surface area contributed by atoms with E-state index in [0.29, 0.717) is 11.8 Å². The normalized spacial score (nSPS) is 19.1. The van der Waals surface area contributed by atoms with E-state index in [4.69, 9.17) is 4.74 Å². The van der Waals surface area contributed by atoms with Gasteiger partial charge in [-0.2, -0.15) is 0 Å². The van der Waals surface area contributed by atoms with Gasteiger partial charge in [-0.15, -0.1) is 0 Å². The third-order valence-electron chi connectivity index (χ3n) is 7.13. The van der Waals surface area contributed by atoms with Gasteiger partial charge in [0.15, 0.2) is 0 Å². The van der Waals surface area contributed by atoms with Crippen LogP contribution in [0.2, 0.25) is 0 Å². The Hall–Kier alpha value is -0.0400. The summed E-state index contributed by atoms with van der Waals surface area (Å²) < 4.78 is 7.45.